The molecule has 0 bridgehead atoms. The fourth-order valence-electron chi connectivity index (χ4n) is 1.86. The number of aliphatic carboxylic acids is 1. The van der Waals surface area contributed by atoms with Gasteiger partial charge in [0.1, 0.15) is 0 Å². The van der Waals surface area contributed by atoms with Crippen LogP contribution in [0.25, 0.3) is 0 Å². The summed E-state index contributed by atoms with van der Waals surface area (Å²) >= 11 is 1.17. The maximum atomic E-state index is 10.5. The molecular weight excluding hydrogens is 256 g/mol. The molecule has 0 radical (unpaired) electrons. The Labute approximate surface area is 109 Å². The number of likely N-dealkylation sites (N-methyl/N-ethyl adjacent to an activating group) is 1. The van der Waals surface area contributed by atoms with Gasteiger partial charge in [0.05, 0.1) is 18.4 Å². The highest BCUT2D eigenvalue weighted by molar-refractivity contribution is 7.99. The largest absolute Gasteiger partial charge is 0.481 e. The second-order valence-electron chi connectivity index (χ2n) is 4.15. The lowest BCUT2D eigenvalue weighted by atomic mass is 10.2. The van der Waals surface area contributed by atoms with Crippen LogP contribution in [0.3, 0.4) is 0 Å². The molecule has 1 saturated heterocycles. The Morgan fingerprint density at radius 3 is 3.06 bits per heavy atom. The van der Waals surface area contributed by atoms with Crippen LogP contribution in [0.1, 0.15) is 6.42 Å². The molecule has 1 aromatic heterocycles. The molecule has 2 heterocycles. The third-order valence-corrected chi connectivity index (χ3v) is 3.91. The highest BCUT2D eigenvalue weighted by Gasteiger charge is 2.24. The first-order chi connectivity index (χ1) is 8.59. The molecule has 0 spiro atoms. The van der Waals surface area contributed by atoms with Crippen molar-refractivity contribution >= 4 is 23.7 Å². The minimum atomic E-state index is -0.859. The van der Waals surface area contributed by atoms with Crippen LogP contribution < -0.4 is 4.90 Å². The smallest absolute Gasteiger partial charge is 0.313 e. The van der Waals surface area contributed by atoms with Gasteiger partial charge < -0.3 is 14.7 Å². The normalized spacial score (nSPS) is 19.1. The first kappa shape index (κ1) is 13.2. The van der Waals surface area contributed by atoms with Crippen LogP contribution in [0.15, 0.2) is 5.16 Å². The van der Waals surface area contributed by atoms with Gasteiger partial charge in [0.2, 0.25) is 5.95 Å². The molecule has 18 heavy (non-hydrogen) atoms. The molecule has 0 saturated carbocycles. The number of carboxylic acid groups (broad SMARTS) is 1. The van der Waals surface area contributed by atoms with Crippen LogP contribution in [-0.2, 0) is 16.6 Å². The number of rotatable bonds is 5. The summed E-state index contributed by atoms with van der Waals surface area (Å²) in [4.78, 5) is 12.6. The molecule has 2 rings (SSSR count). The highest BCUT2D eigenvalue weighted by atomic mass is 32.2. The van der Waals surface area contributed by atoms with E-state index in [2.05, 4.69) is 10.2 Å². The Morgan fingerprint density at radius 1 is 1.67 bits per heavy atom. The molecule has 1 aliphatic heterocycles. The minimum absolute atomic E-state index is 0.0117. The Kier molecular flexibility index (Phi) is 4.07. The fraction of sp³-hybridized carbons (Fsp3) is 0.700. The van der Waals surface area contributed by atoms with Gasteiger partial charge in [0.15, 0.2) is 5.16 Å². The average Bonchev–Trinajstić information content (AvgIpc) is 2.95. The third-order valence-electron chi connectivity index (χ3n) is 2.91. The summed E-state index contributed by atoms with van der Waals surface area (Å²) < 4.78 is 7.15. The van der Waals surface area contributed by atoms with Crippen molar-refractivity contribution in [2.24, 2.45) is 7.05 Å². The minimum Gasteiger partial charge on any atom is -0.481 e. The molecule has 1 unspecified atom stereocenters. The zero-order valence-electron chi connectivity index (χ0n) is 10.4. The predicted molar refractivity (Wildman–Crippen MR) is 67.0 cm³/mol. The quantitative estimate of drug-likeness (QED) is 0.768. The van der Waals surface area contributed by atoms with E-state index >= 15 is 0 Å². The summed E-state index contributed by atoms with van der Waals surface area (Å²) in [5, 5.41) is 17.4. The number of thioether (sulfide) groups is 1. The Bertz CT molecular complexity index is 431. The molecule has 1 aliphatic rings. The SMILES string of the molecule is CN(c1nnc(SCC(=O)O)n1C)C1CCOC1. The van der Waals surface area contributed by atoms with E-state index in [1.165, 1.54) is 11.8 Å². The number of ether oxygens (including phenoxy) is 1. The lowest BCUT2D eigenvalue weighted by Gasteiger charge is -2.23. The number of anilines is 1. The number of aromatic nitrogens is 3. The molecule has 0 aliphatic carbocycles. The zero-order chi connectivity index (χ0) is 13.1. The summed E-state index contributed by atoms with van der Waals surface area (Å²) in [5.41, 5.74) is 0. The molecule has 100 valence electrons. The lowest BCUT2D eigenvalue weighted by molar-refractivity contribution is -0.133. The van der Waals surface area contributed by atoms with Gasteiger partial charge in [-0.15, -0.1) is 10.2 Å². The van der Waals surface area contributed by atoms with E-state index in [0.717, 1.165) is 19.0 Å². The molecule has 7 nitrogen and oxygen atoms in total. The lowest BCUT2D eigenvalue weighted by Crippen LogP contribution is -2.33. The Balaban J connectivity index is 2.06. The molecular formula is C10H16N4O3S. The van der Waals surface area contributed by atoms with Crippen LogP contribution in [0.4, 0.5) is 5.95 Å². The molecule has 0 aromatic carbocycles. The molecule has 1 fully saturated rings. The van der Waals surface area contributed by atoms with E-state index in [9.17, 15) is 4.79 Å². The molecule has 8 heteroatoms. The second-order valence-corrected chi connectivity index (χ2v) is 5.09. The van der Waals surface area contributed by atoms with Crippen molar-refractivity contribution in [3.05, 3.63) is 0 Å². The van der Waals surface area contributed by atoms with Crippen molar-refractivity contribution < 1.29 is 14.6 Å². The second kappa shape index (κ2) is 5.57. The van der Waals surface area contributed by atoms with Gasteiger partial charge >= 0.3 is 5.97 Å². The van der Waals surface area contributed by atoms with Crippen molar-refractivity contribution in [3.8, 4) is 0 Å². The molecule has 1 atom stereocenters. The molecule has 0 amide bonds. The van der Waals surface area contributed by atoms with Crippen molar-refractivity contribution in [2.45, 2.75) is 17.6 Å². The van der Waals surface area contributed by atoms with Crippen molar-refractivity contribution in [2.75, 3.05) is 30.9 Å². The Hall–Kier alpha value is -1.28. The number of carboxylic acids is 1. The van der Waals surface area contributed by atoms with E-state index in [1.54, 1.807) is 0 Å². The summed E-state index contributed by atoms with van der Waals surface area (Å²) in [6.45, 7) is 1.47. The third kappa shape index (κ3) is 2.75. The van der Waals surface area contributed by atoms with Gasteiger partial charge in [-0.1, -0.05) is 11.8 Å². The summed E-state index contributed by atoms with van der Waals surface area (Å²) in [6, 6.07) is 0.310. The average molecular weight is 272 g/mol. The van der Waals surface area contributed by atoms with Crippen LogP contribution in [-0.4, -0.2) is 57.9 Å². The van der Waals surface area contributed by atoms with Gasteiger partial charge in [0, 0.05) is 20.7 Å². The van der Waals surface area contributed by atoms with Gasteiger partial charge in [-0.05, 0) is 6.42 Å². The zero-order valence-corrected chi connectivity index (χ0v) is 11.2. The maximum Gasteiger partial charge on any atom is 0.313 e. The molecule has 1 aromatic rings. The van der Waals surface area contributed by atoms with Crippen LogP contribution >= 0.6 is 11.8 Å². The molecule has 1 N–H and O–H groups in total. The standard InChI is InChI=1S/C10H16N4O3S/c1-13(7-3-4-17-5-7)9-11-12-10(14(9)2)18-6-8(15)16/h7H,3-6H2,1-2H3,(H,15,16). The highest BCUT2D eigenvalue weighted by Crippen LogP contribution is 2.22. The van der Waals surface area contributed by atoms with E-state index in [1.807, 2.05) is 23.6 Å². The van der Waals surface area contributed by atoms with Gasteiger partial charge in [-0.2, -0.15) is 0 Å². The van der Waals surface area contributed by atoms with Crippen molar-refractivity contribution in [1.82, 2.24) is 14.8 Å². The van der Waals surface area contributed by atoms with Gasteiger partial charge in [0.25, 0.3) is 0 Å². The van der Waals surface area contributed by atoms with E-state index in [-0.39, 0.29) is 5.75 Å². The van der Waals surface area contributed by atoms with Crippen molar-refractivity contribution in [3.63, 3.8) is 0 Å². The topological polar surface area (TPSA) is 80.5 Å². The number of hydrogen-bond acceptors (Lipinski definition) is 6. The summed E-state index contributed by atoms with van der Waals surface area (Å²) in [7, 11) is 3.79. The number of carbonyl (C=O) groups is 1. The number of hydrogen-bond donors (Lipinski definition) is 1. The van der Waals surface area contributed by atoms with E-state index in [0.29, 0.717) is 17.8 Å². The van der Waals surface area contributed by atoms with Crippen LogP contribution in [0, 0.1) is 0 Å². The van der Waals surface area contributed by atoms with Crippen LogP contribution in [0.5, 0.6) is 0 Å². The van der Waals surface area contributed by atoms with Crippen LogP contribution in [0.2, 0.25) is 0 Å². The fourth-order valence-corrected chi connectivity index (χ4v) is 2.48. The maximum absolute atomic E-state index is 10.5. The summed E-state index contributed by atoms with van der Waals surface area (Å²) in [6.07, 6.45) is 0.973. The van der Waals surface area contributed by atoms with Gasteiger partial charge in [-0.25, -0.2) is 0 Å². The number of nitrogens with zero attached hydrogens (tertiary/aromatic N) is 4. The van der Waals surface area contributed by atoms with Gasteiger partial charge in [-0.3, -0.25) is 9.36 Å². The van der Waals surface area contributed by atoms with E-state index < -0.39 is 5.97 Å². The first-order valence-electron chi connectivity index (χ1n) is 5.64. The summed E-state index contributed by atoms with van der Waals surface area (Å²) in [5.74, 6) is -0.136. The Morgan fingerprint density at radius 2 is 2.44 bits per heavy atom. The first-order valence-corrected chi connectivity index (χ1v) is 6.62. The predicted octanol–water partition coefficient (Wildman–Crippen LogP) is 0.217. The van der Waals surface area contributed by atoms with E-state index in [4.69, 9.17) is 9.84 Å². The monoisotopic (exact) mass is 272 g/mol. The van der Waals surface area contributed by atoms with Crippen molar-refractivity contribution in [1.29, 1.82) is 0 Å².